The van der Waals surface area contributed by atoms with Crippen LogP contribution in [0.1, 0.15) is 57.2 Å². The Bertz CT molecular complexity index is 1080. The summed E-state index contributed by atoms with van der Waals surface area (Å²) in [5.41, 5.74) is 6.15. The highest BCUT2D eigenvalue weighted by Crippen LogP contribution is 2.47. The van der Waals surface area contributed by atoms with E-state index in [0.29, 0.717) is 0 Å². The van der Waals surface area contributed by atoms with E-state index >= 15 is 0 Å². The van der Waals surface area contributed by atoms with Gasteiger partial charge in [-0.1, -0.05) is 52.0 Å². The van der Waals surface area contributed by atoms with Crippen molar-refractivity contribution in [3.05, 3.63) is 58.8 Å². The highest BCUT2D eigenvalue weighted by atomic mass is 16.5. The molecule has 2 aromatic rings. The quantitative estimate of drug-likeness (QED) is 0.565. The van der Waals surface area contributed by atoms with Crippen LogP contribution in [0.15, 0.2) is 42.1 Å². The van der Waals surface area contributed by atoms with Gasteiger partial charge in [0.25, 0.3) is 5.91 Å². The van der Waals surface area contributed by atoms with Crippen LogP contribution in [0.4, 0.5) is 4.79 Å². The van der Waals surface area contributed by atoms with Crippen LogP contribution >= 0.6 is 0 Å². The second-order valence-corrected chi connectivity index (χ2v) is 9.45. The Labute approximate surface area is 177 Å². The molecule has 1 aliphatic carbocycles. The molecule has 5 heteroatoms. The van der Waals surface area contributed by atoms with Crippen LogP contribution in [-0.2, 0) is 15.6 Å². The maximum Gasteiger partial charge on any atom is 0.326 e. The highest BCUT2D eigenvalue weighted by Gasteiger charge is 2.37. The average molecular weight is 405 g/mol. The summed E-state index contributed by atoms with van der Waals surface area (Å²) in [6.07, 6.45) is 4.00. The van der Waals surface area contributed by atoms with Gasteiger partial charge in [0.05, 0.1) is 7.11 Å². The van der Waals surface area contributed by atoms with Gasteiger partial charge in [0.1, 0.15) is 11.4 Å². The molecule has 2 N–H and O–H groups in total. The Morgan fingerprint density at radius 2 is 1.60 bits per heavy atom. The minimum atomic E-state index is -0.500. The summed E-state index contributed by atoms with van der Waals surface area (Å²) >= 11 is 0. The average Bonchev–Trinajstić information content (AvgIpc) is 3.02. The van der Waals surface area contributed by atoms with Gasteiger partial charge in [0, 0.05) is 5.56 Å². The van der Waals surface area contributed by atoms with E-state index in [0.717, 1.165) is 28.9 Å². The van der Waals surface area contributed by atoms with E-state index in [-0.39, 0.29) is 16.5 Å². The predicted molar refractivity (Wildman–Crippen MR) is 118 cm³/mol. The van der Waals surface area contributed by atoms with Crippen molar-refractivity contribution in [2.24, 2.45) is 0 Å². The van der Waals surface area contributed by atoms with Crippen molar-refractivity contribution in [1.29, 1.82) is 0 Å². The fraction of sp³-hybridized carbons (Fsp3) is 0.360. The molecule has 1 aliphatic heterocycles. The number of carbonyl (C=O) groups is 2. The topological polar surface area (TPSA) is 67.4 Å². The van der Waals surface area contributed by atoms with Gasteiger partial charge in [-0.2, -0.15) is 0 Å². The number of fused-ring (bicyclic) bond motifs is 1. The van der Waals surface area contributed by atoms with Crippen molar-refractivity contribution in [1.82, 2.24) is 10.6 Å². The van der Waals surface area contributed by atoms with Gasteiger partial charge in [-0.25, -0.2) is 4.79 Å². The van der Waals surface area contributed by atoms with Crippen molar-refractivity contribution in [2.75, 3.05) is 7.11 Å². The van der Waals surface area contributed by atoms with Gasteiger partial charge >= 0.3 is 6.03 Å². The lowest BCUT2D eigenvalue weighted by Gasteiger charge is -2.42. The first-order chi connectivity index (χ1) is 14.1. The van der Waals surface area contributed by atoms with Crippen molar-refractivity contribution in [3.8, 4) is 16.9 Å². The number of urea groups is 1. The molecule has 0 spiro atoms. The molecular formula is C25H28N2O3. The number of imide groups is 1. The molecule has 0 atom stereocenters. The van der Waals surface area contributed by atoms with Gasteiger partial charge < -0.3 is 10.1 Å². The number of carbonyl (C=O) groups excluding carboxylic acids is 2. The lowest BCUT2D eigenvalue weighted by Crippen LogP contribution is -2.33. The van der Waals surface area contributed by atoms with E-state index < -0.39 is 11.9 Å². The zero-order valence-corrected chi connectivity index (χ0v) is 18.2. The monoisotopic (exact) mass is 404 g/mol. The van der Waals surface area contributed by atoms with E-state index in [4.69, 9.17) is 4.74 Å². The summed E-state index contributed by atoms with van der Waals surface area (Å²) in [5.74, 6) is 0.347. The second-order valence-electron chi connectivity index (χ2n) is 9.45. The Kier molecular flexibility index (Phi) is 4.72. The maximum absolute atomic E-state index is 11.9. The van der Waals surface area contributed by atoms with Crippen LogP contribution in [0.5, 0.6) is 5.75 Å². The summed E-state index contributed by atoms with van der Waals surface area (Å²) in [4.78, 5) is 23.3. The molecule has 30 heavy (non-hydrogen) atoms. The Hall–Kier alpha value is -3.08. The minimum Gasteiger partial charge on any atom is -0.496 e. The van der Waals surface area contributed by atoms with Crippen LogP contribution in [0.3, 0.4) is 0 Å². The molecule has 1 heterocycles. The minimum absolute atomic E-state index is 0.111. The summed E-state index contributed by atoms with van der Waals surface area (Å²) in [5, 5.41) is 4.76. The number of ether oxygens (including phenoxy) is 1. The second kappa shape index (κ2) is 7.01. The largest absolute Gasteiger partial charge is 0.496 e. The number of amides is 3. The normalized spacial score (nSPS) is 20.5. The molecule has 0 bridgehead atoms. The summed E-state index contributed by atoms with van der Waals surface area (Å²) in [7, 11) is 1.66. The molecule has 1 fully saturated rings. The fourth-order valence-corrected chi connectivity index (χ4v) is 4.45. The van der Waals surface area contributed by atoms with Crippen LogP contribution < -0.4 is 15.4 Å². The molecule has 0 saturated carbocycles. The van der Waals surface area contributed by atoms with E-state index in [2.05, 4.69) is 56.5 Å². The lowest BCUT2D eigenvalue weighted by molar-refractivity contribution is -0.115. The van der Waals surface area contributed by atoms with Gasteiger partial charge in [-0.05, 0) is 64.1 Å². The summed E-state index contributed by atoms with van der Waals surface area (Å²) in [6, 6.07) is 12.0. The Balaban J connectivity index is 1.82. The molecule has 3 amide bonds. The number of nitrogens with one attached hydrogen (secondary N) is 2. The van der Waals surface area contributed by atoms with Gasteiger partial charge in [-0.15, -0.1) is 0 Å². The van der Waals surface area contributed by atoms with Gasteiger partial charge in [0.15, 0.2) is 0 Å². The molecule has 0 radical (unpaired) electrons. The van der Waals surface area contributed by atoms with Crippen LogP contribution in [-0.4, -0.2) is 19.0 Å². The number of methoxy groups -OCH3 is 1. The third-order valence-corrected chi connectivity index (χ3v) is 6.42. The van der Waals surface area contributed by atoms with Crippen molar-refractivity contribution in [3.63, 3.8) is 0 Å². The van der Waals surface area contributed by atoms with Gasteiger partial charge in [0.2, 0.25) is 0 Å². The van der Waals surface area contributed by atoms with Crippen molar-refractivity contribution < 1.29 is 14.3 Å². The molecular weight excluding hydrogens is 376 g/mol. The van der Waals surface area contributed by atoms with Crippen molar-refractivity contribution >= 4 is 18.0 Å². The molecule has 2 aliphatic rings. The Morgan fingerprint density at radius 3 is 2.23 bits per heavy atom. The molecule has 5 nitrogen and oxygen atoms in total. The first kappa shape index (κ1) is 20.2. The highest BCUT2D eigenvalue weighted by molar-refractivity contribution is 6.14. The predicted octanol–water partition coefficient (Wildman–Crippen LogP) is 4.89. The molecule has 156 valence electrons. The smallest absolute Gasteiger partial charge is 0.326 e. The lowest BCUT2D eigenvalue weighted by atomic mass is 9.63. The number of benzene rings is 2. The van der Waals surface area contributed by atoms with Crippen LogP contribution in [0.2, 0.25) is 0 Å². The first-order valence-electron chi connectivity index (χ1n) is 10.3. The van der Waals surface area contributed by atoms with E-state index in [9.17, 15) is 9.59 Å². The van der Waals surface area contributed by atoms with E-state index in [1.165, 1.54) is 17.5 Å². The fourth-order valence-electron chi connectivity index (χ4n) is 4.45. The Morgan fingerprint density at radius 1 is 0.900 bits per heavy atom. The number of hydrogen-bond acceptors (Lipinski definition) is 3. The number of rotatable bonds is 3. The SMILES string of the molecule is COc1ccc(/C=C2\NC(=O)NC2=O)cc1-c1ccc2c(c1)C(C)(C)CCC2(C)C. The van der Waals surface area contributed by atoms with E-state index in [1.807, 2.05) is 18.2 Å². The molecule has 2 aromatic carbocycles. The first-order valence-corrected chi connectivity index (χ1v) is 10.3. The molecule has 4 rings (SSSR count). The van der Waals surface area contributed by atoms with Crippen molar-refractivity contribution in [2.45, 2.75) is 51.4 Å². The summed E-state index contributed by atoms with van der Waals surface area (Å²) < 4.78 is 5.63. The molecule has 0 unspecified atom stereocenters. The summed E-state index contributed by atoms with van der Waals surface area (Å²) in [6.45, 7) is 9.25. The maximum atomic E-state index is 11.9. The third-order valence-electron chi connectivity index (χ3n) is 6.42. The standard InChI is InChI=1S/C25H28N2O3/c1-24(2)10-11-25(3,4)19-14-16(7-8-18(19)24)17-12-15(6-9-21(17)30-5)13-20-22(28)27-23(29)26-20/h6-9,12-14H,10-11H2,1-5H3,(H2,26,27,28,29)/b20-13-. The van der Waals surface area contributed by atoms with Crippen LogP contribution in [0, 0.1) is 0 Å². The third kappa shape index (κ3) is 3.49. The van der Waals surface area contributed by atoms with E-state index in [1.54, 1.807) is 13.2 Å². The number of hydrogen-bond donors (Lipinski definition) is 2. The van der Waals surface area contributed by atoms with Crippen LogP contribution in [0.25, 0.3) is 17.2 Å². The zero-order valence-electron chi connectivity index (χ0n) is 18.2. The van der Waals surface area contributed by atoms with Gasteiger partial charge in [-0.3, -0.25) is 10.1 Å². The molecule has 1 saturated heterocycles. The zero-order chi connectivity index (χ0) is 21.7. The molecule has 0 aromatic heterocycles.